The van der Waals surface area contributed by atoms with Crippen LogP contribution in [0.25, 0.3) is 0 Å². The topological polar surface area (TPSA) is 15.3 Å². The average Bonchev–Trinajstić information content (AvgIpc) is 2.37. The summed E-state index contributed by atoms with van der Waals surface area (Å²) in [5.74, 6) is 0. The van der Waals surface area contributed by atoms with E-state index >= 15 is 0 Å². The summed E-state index contributed by atoms with van der Waals surface area (Å²) < 4.78 is 38.6. The number of hydrogen-bond acceptors (Lipinski definition) is 2. The molecular weight excluding hydrogens is 277 g/mol. The van der Waals surface area contributed by atoms with Crippen molar-refractivity contribution in [3.05, 3.63) is 35.9 Å². The van der Waals surface area contributed by atoms with Crippen molar-refractivity contribution in [2.75, 3.05) is 13.1 Å². The SMILES string of the molecule is CC(C)NCC(c1ccccc1)N(CC(F)(F)F)C(C)C. The number of nitrogens with one attached hydrogen (secondary N) is 1. The molecule has 120 valence electrons. The van der Waals surface area contributed by atoms with Crippen LogP contribution in [-0.4, -0.2) is 36.2 Å². The average molecular weight is 302 g/mol. The highest BCUT2D eigenvalue weighted by Crippen LogP contribution is 2.27. The van der Waals surface area contributed by atoms with Crippen LogP contribution in [0.2, 0.25) is 0 Å². The van der Waals surface area contributed by atoms with Crippen LogP contribution in [-0.2, 0) is 0 Å². The van der Waals surface area contributed by atoms with Crippen LogP contribution in [0.3, 0.4) is 0 Å². The third-order valence-electron chi connectivity index (χ3n) is 3.33. The molecule has 0 aliphatic carbocycles. The van der Waals surface area contributed by atoms with Gasteiger partial charge in [-0.3, -0.25) is 4.90 Å². The van der Waals surface area contributed by atoms with Gasteiger partial charge in [0.2, 0.25) is 0 Å². The fourth-order valence-electron chi connectivity index (χ4n) is 2.31. The zero-order valence-corrected chi connectivity index (χ0v) is 13.1. The molecule has 0 aromatic heterocycles. The Hall–Kier alpha value is -1.07. The van der Waals surface area contributed by atoms with Crippen molar-refractivity contribution in [2.24, 2.45) is 0 Å². The molecular formula is C16H25F3N2. The van der Waals surface area contributed by atoms with Crippen LogP contribution in [0, 0.1) is 0 Å². The van der Waals surface area contributed by atoms with Crippen molar-refractivity contribution in [2.45, 2.75) is 52.0 Å². The Bertz CT molecular complexity index is 402. The molecule has 0 saturated heterocycles. The summed E-state index contributed by atoms with van der Waals surface area (Å²) in [6.07, 6.45) is -4.20. The Morgan fingerprint density at radius 1 is 1.05 bits per heavy atom. The number of halogens is 3. The zero-order valence-electron chi connectivity index (χ0n) is 13.1. The molecule has 2 nitrogen and oxygen atoms in total. The highest BCUT2D eigenvalue weighted by molar-refractivity contribution is 5.19. The minimum atomic E-state index is -4.20. The molecule has 0 amide bonds. The minimum absolute atomic E-state index is 0.189. The first-order valence-electron chi connectivity index (χ1n) is 7.31. The summed E-state index contributed by atoms with van der Waals surface area (Å²) in [5, 5.41) is 3.26. The Morgan fingerprint density at radius 3 is 2.05 bits per heavy atom. The first kappa shape index (κ1) is 18.0. The Morgan fingerprint density at radius 2 is 1.62 bits per heavy atom. The molecule has 0 aliphatic rings. The van der Waals surface area contributed by atoms with Crippen molar-refractivity contribution < 1.29 is 13.2 Å². The molecule has 1 N–H and O–H groups in total. The normalized spacial score (nSPS) is 14.2. The van der Waals surface area contributed by atoms with E-state index in [0.717, 1.165) is 5.56 Å². The first-order chi connectivity index (χ1) is 9.70. The standard InChI is InChI=1S/C16H25F3N2/c1-12(2)20-10-15(14-8-6-5-7-9-14)21(13(3)4)11-16(17,18)19/h5-9,12-13,15,20H,10-11H2,1-4H3. The summed E-state index contributed by atoms with van der Waals surface area (Å²) in [6, 6.07) is 9.13. The van der Waals surface area contributed by atoms with E-state index < -0.39 is 12.7 Å². The van der Waals surface area contributed by atoms with E-state index in [1.807, 2.05) is 44.2 Å². The van der Waals surface area contributed by atoms with Crippen LogP contribution >= 0.6 is 0 Å². The summed E-state index contributed by atoms with van der Waals surface area (Å²) >= 11 is 0. The minimum Gasteiger partial charge on any atom is -0.313 e. The Balaban J connectivity index is 3.01. The molecule has 0 aliphatic heterocycles. The van der Waals surface area contributed by atoms with Crippen molar-refractivity contribution in [3.8, 4) is 0 Å². The largest absolute Gasteiger partial charge is 0.401 e. The molecule has 1 aromatic rings. The van der Waals surface area contributed by atoms with E-state index in [1.165, 1.54) is 4.90 Å². The number of alkyl halides is 3. The smallest absolute Gasteiger partial charge is 0.313 e. The van der Waals surface area contributed by atoms with Gasteiger partial charge in [0.1, 0.15) is 0 Å². The molecule has 0 fully saturated rings. The zero-order chi connectivity index (χ0) is 16.0. The first-order valence-corrected chi connectivity index (χ1v) is 7.31. The molecule has 0 bridgehead atoms. The van der Waals surface area contributed by atoms with Crippen LogP contribution in [0.4, 0.5) is 13.2 Å². The lowest BCUT2D eigenvalue weighted by atomic mass is 10.0. The van der Waals surface area contributed by atoms with Gasteiger partial charge in [-0.05, 0) is 19.4 Å². The highest BCUT2D eigenvalue weighted by Gasteiger charge is 2.35. The summed E-state index contributed by atoms with van der Waals surface area (Å²) in [4.78, 5) is 1.50. The number of rotatable bonds is 7. The van der Waals surface area contributed by atoms with Gasteiger partial charge in [0.05, 0.1) is 6.54 Å². The van der Waals surface area contributed by atoms with Crippen LogP contribution < -0.4 is 5.32 Å². The third-order valence-corrected chi connectivity index (χ3v) is 3.33. The quantitative estimate of drug-likeness (QED) is 0.819. The van der Waals surface area contributed by atoms with E-state index in [0.29, 0.717) is 6.54 Å². The van der Waals surface area contributed by atoms with Gasteiger partial charge in [-0.25, -0.2) is 0 Å². The molecule has 1 aromatic carbocycles. The lowest BCUT2D eigenvalue weighted by Gasteiger charge is -2.36. The van der Waals surface area contributed by atoms with E-state index in [4.69, 9.17) is 0 Å². The van der Waals surface area contributed by atoms with E-state index in [9.17, 15) is 13.2 Å². The lowest BCUT2D eigenvalue weighted by molar-refractivity contribution is -0.155. The second-order valence-corrected chi connectivity index (χ2v) is 5.87. The molecule has 0 heterocycles. The molecule has 1 atom stereocenters. The summed E-state index contributed by atoms with van der Waals surface area (Å²) in [7, 11) is 0. The highest BCUT2D eigenvalue weighted by atomic mass is 19.4. The lowest BCUT2D eigenvalue weighted by Crippen LogP contribution is -2.45. The Labute approximate surface area is 125 Å². The van der Waals surface area contributed by atoms with E-state index in [-0.39, 0.29) is 18.1 Å². The molecule has 1 unspecified atom stereocenters. The second kappa shape index (κ2) is 7.80. The van der Waals surface area contributed by atoms with Gasteiger partial charge in [0.25, 0.3) is 0 Å². The fourth-order valence-corrected chi connectivity index (χ4v) is 2.31. The fraction of sp³-hybridized carbons (Fsp3) is 0.625. The number of hydrogen-bond donors (Lipinski definition) is 1. The van der Waals surface area contributed by atoms with Crippen LogP contribution in [0.1, 0.15) is 39.3 Å². The van der Waals surface area contributed by atoms with Gasteiger partial charge in [-0.2, -0.15) is 13.2 Å². The maximum atomic E-state index is 12.9. The second-order valence-electron chi connectivity index (χ2n) is 5.87. The van der Waals surface area contributed by atoms with Gasteiger partial charge in [0, 0.05) is 24.7 Å². The Kier molecular flexibility index (Phi) is 6.68. The summed E-state index contributed by atoms with van der Waals surface area (Å²) in [6.45, 7) is 7.19. The predicted molar refractivity (Wildman–Crippen MR) is 80.2 cm³/mol. The molecule has 21 heavy (non-hydrogen) atoms. The van der Waals surface area contributed by atoms with E-state index in [1.54, 1.807) is 13.8 Å². The van der Waals surface area contributed by atoms with Crippen molar-refractivity contribution in [1.82, 2.24) is 10.2 Å². The molecule has 0 saturated carbocycles. The van der Waals surface area contributed by atoms with E-state index in [2.05, 4.69) is 5.32 Å². The number of nitrogens with zero attached hydrogens (tertiary/aromatic N) is 1. The van der Waals surface area contributed by atoms with Gasteiger partial charge in [-0.15, -0.1) is 0 Å². The van der Waals surface area contributed by atoms with Gasteiger partial charge in [0.15, 0.2) is 0 Å². The number of benzene rings is 1. The van der Waals surface area contributed by atoms with Crippen LogP contribution in [0.5, 0.6) is 0 Å². The van der Waals surface area contributed by atoms with Gasteiger partial charge in [-0.1, -0.05) is 44.2 Å². The van der Waals surface area contributed by atoms with Gasteiger partial charge < -0.3 is 5.32 Å². The monoisotopic (exact) mass is 302 g/mol. The molecule has 1 rings (SSSR count). The molecule has 5 heteroatoms. The van der Waals surface area contributed by atoms with Crippen molar-refractivity contribution in [1.29, 1.82) is 0 Å². The predicted octanol–water partition coefficient (Wildman–Crippen LogP) is 4.00. The third kappa shape index (κ3) is 6.48. The molecule has 0 radical (unpaired) electrons. The maximum Gasteiger partial charge on any atom is 0.401 e. The van der Waals surface area contributed by atoms with Gasteiger partial charge >= 0.3 is 6.18 Å². The molecule has 0 spiro atoms. The maximum absolute atomic E-state index is 12.9. The van der Waals surface area contributed by atoms with Crippen LogP contribution in [0.15, 0.2) is 30.3 Å². The van der Waals surface area contributed by atoms with Crippen molar-refractivity contribution in [3.63, 3.8) is 0 Å². The van der Waals surface area contributed by atoms with Crippen molar-refractivity contribution >= 4 is 0 Å². The summed E-state index contributed by atoms with van der Waals surface area (Å²) in [5.41, 5.74) is 0.906.